The Balaban J connectivity index is 1.03. The van der Waals surface area contributed by atoms with Crippen molar-refractivity contribution in [2.24, 2.45) is 0 Å². The molecule has 11 rings (SSSR count). The number of rotatable bonds is 12. The number of anilines is 3. The van der Waals surface area contributed by atoms with Gasteiger partial charge in [0.15, 0.2) is 12.3 Å². The van der Waals surface area contributed by atoms with Crippen LogP contribution in [0.4, 0.5) is 22.7 Å². The summed E-state index contributed by atoms with van der Waals surface area (Å²) in [5.74, 6) is 0. The van der Waals surface area contributed by atoms with Gasteiger partial charge in [-0.3, -0.25) is 0 Å². The van der Waals surface area contributed by atoms with E-state index in [0.717, 1.165) is 54.1 Å². The van der Waals surface area contributed by atoms with Gasteiger partial charge in [0.1, 0.15) is 0 Å². The van der Waals surface area contributed by atoms with E-state index in [1.54, 1.807) is 0 Å². The lowest BCUT2D eigenvalue weighted by molar-refractivity contribution is -0.436. The van der Waals surface area contributed by atoms with Crippen molar-refractivity contribution in [3.05, 3.63) is 275 Å². The largest absolute Gasteiger partial charge is 0.344 e. The summed E-state index contributed by atoms with van der Waals surface area (Å²) in [4.78, 5) is 5.01. The maximum absolute atomic E-state index is 2.58. The van der Waals surface area contributed by atoms with Gasteiger partial charge in [0, 0.05) is 58.8 Å². The molecule has 0 amide bonds. The molecule has 2 heterocycles. The number of allylic oxidation sites excluding steroid dienone is 8. The predicted octanol–water partition coefficient (Wildman–Crippen LogP) is 15.7. The molecule has 0 radical (unpaired) electrons. The molecule has 3 aliphatic rings. The molecule has 0 saturated carbocycles. The minimum Gasteiger partial charge on any atom is -0.344 e. The summed E-state index contributed by atoms with van der Waals surface area (Å²) in [5, 5.41) is 5.25. The standard InChI is InChI=1S/C65H58N3/c1-64(2)57-33-15-17-35-59(57)66(45-43-49-25-19-23-47-21-11-13-31-55(47)49)61(64)41-39-51-37-38-52(63(51)68(53-27-7-5-8-28-53)54-29-9-6-10-30-54)40-42-62-65(3,4)58-34-16-18-36-60(58)67(62)46-44-50-26-20-24-48-22-12-14-32-56(48)50/h5-42H,43-46H2,1-4H3/q+1. The first-order chi connectivity index (χ1) is 33.3. The summed E-state index contributed by atoms with van der Waals surface area (Å²) >= 11 is 0. The van der Waals surface area contributed by atoms with Gasteiger partial charge in [-0.2, -0.15) is 4.58 Å². The van der Waals surface area contributed by atoms with Crippen LogP contribution in [0.1, 0.15) is 49.9 Å². The van der Waals surface area contributed by atoms with Gasteiger partial charge >= 0.3 is 0 Å². The van der Waals surface area contributed by atoms with Crippen LogP contribution < -0.4 is 9.80 Å². The number of hydrogen-bond donors (Lipinski definition) is 0. The van der Waals surface area contributed by atoms with Crippen molar-refractivity contribution < 1.29 is 4.58 Å². The predicted molar refractivity (Wildman–Crippen MR) is 288 cm³/mol. The van der Waals surface area contributed by atoms with Gasteiger partial charge in [-0.25, -0.2) is 0 Å². The average molecular weight is 881 g/mol. The molecule has 0 spiro atoms. The van der Waals surface area contributed by atoms with E-state index >= 15 is 0 Å². The molecular formula is C65H58N3+. The molecular weight excluding hydrogens is 823 g/mol. The van der Waals surface area contributed by atoms with Crippen molar-refractivity contribution >= 4 is 50.0 Å². The third-order valence-electron chi connectivity index (χ3n) is 14.7. The summed E-state index contributed by atoms with van der Waals surface area (Å²) < 4.78 is 2.58. The van der Waals surface area contributed by atoms with E-state index < -0.39 is 0 Å². The first-order valence-electron chi connectivity index (χ1n) is 24.3. The van der Waals surface area contributed by atoms with E-state index in [4.69, 9.17) is 0 Å². The maximum Gasteiger partial charge on any atom is 0.209 e. The van der Waals surface area contributed by atoms with Gasteiger partial charge in [0.05, 0.1) is 11.1 Å². The molecule has 3 heteroatoms. The number of nitrogens with zero attached hydrogens (tertiary/aromatic N) is 3. The van der Waals surface area contributed by atoms with Gasteiger partial charge in [0.25, 0.3) is 0 Å². The molecule has 0 atom stereocenters. The van der Waals surface area contributed by atoms with Crippen LogP contribution in [-0.4, -0.2) is 23.4 Å². The Bertz CT molecular complexity index is 3350. The molecule has 1 aliphatic carbocycles. The van der Waals surface area contributed by atoms with Gasteiger partial charge < -0.3 is 9.80 Å². The van der Waals surface area contributed by atoms with Gasteiger partial charge in [-0.1, -0.05) is 190 Å². The van der Waals surface area contributed by atoms with E-state index in [9.17, 15) is 0 Å². The second kappa shape index (κ2) is 17.8. The monoisotopic (exact) mass is 880 g/mol. The number of benzene rings is 8. The minimum absolute atomic E-state index is 0.199. The van der Waals surface area contributed by atoms with E-state index in [-0.39, 0.29) is 10.8 Å². The van der Waals surface area contributed by atoms with Crippen molar-refractivity contribution in [3.63, 3.8) is 0 Å². The van der Waals surface area contributed by atoms with Crippen LogP contribution >= 0.6 is 0 Å². The number of hydrogen-bond acceptors (Lipinski definition) is 2. The van der Waals surface area contributed by atoms with Crippen molar-refractivity contribution in [1.29, 1.82) is 0 Å². The summed E-state index contributed by atoms with van der Waals surface area (Å²) in [6.45, 7) is 11.3. The first kappa shape index (κ1) is 42.9. The number of fused-ring (bicyclic) bond motifs is 4. The highest BCUT2D eigenvalue weighted by Gasteiger charge is 2.44. The lowest BCUT2D eigenvalue weighted by Crippen LogP contribution is -2.28. The van der Waals surface area contributed by atoms with Crippen molar-refractivity contribution in [2.75, 3.05) is 22.9 Å². The van der Waals surface area contributed by atoms with Crippen LogP contribution in [0.2, 0.25) is 0 Å². The van der Waals surface area contributed by atoms with E-state index in [0.29, 0.717) is 0 Å². The Morgan fingerprint density at radius 2 is 1.06 bits per heavy atom. The fourth-order valence-corrected chi connectivity index (χ4v) is 11.2. The first-order valence-corrected chi connectivity index (χ1v) is 24.3. The summed E-state index contributed by atoms with van der Waals surface area (Å²) in [5.41, 5.74) is 16.0. The third-order valence-corrected chi connectivity index (χ3v) is 14.7. The summed E-state index contributed by atoms with van der Waals surface area (Å²) in [7, 11) is 0. The van der Waals surface area contributed by atoms with Crippen LogP contribution in [-0.2, 0) is 23.7 Å². The lowest BCUT2D eigenvalue weighted by atomic mass is 9.81. The molecule has 0 aromatic heterocycles. The third kappa shape index (κ3) is 7.72. The van der Waals surface area contributed by atoms with Crippen molar-refractivity contribution in [2.45, 2.75) is 51.4 Å². The molecule has 0 bridgehead atoms. The zero-order valence-electron chi connectivity index (χ0n) is 39.6. The smallest absolute Gasteiger partial charge is 0.209 e. The fourth-order valence-electron chi connectivity index (χ4n) is 11.2. The average Bonchev–Trinajstić information content (AvgIpc) is 3.95. The van der Waals surface area contributed by atoms with Gasteiger partial charge in [-0.15, -0.1) is 0 Å². The Morgan fingerprint density at radius 1 is 0.500 bits per heavy atom. The van der Waals surface area contributed by atoms with Crippen LogP contribution in [0, 0.1) is 0 Å². The molecule has 0 saturated heterocycles. The normalized spacial score (nSPS) is 17.1. The molecule has 8 aromatic rings. The molecule has 0 fully saturated rings. The van der Waals surface area contributed by atoms with Crippen LogP contribution in [0.15, 0.2) is 253 Å². The molecule has 3 nitrogen and oxygen atoms in total. The highest BCUT2D eigenvalue weighted by atomic mass is 15.2. The Labute approximate surface area is 402 Å². The lowest BCUT2D eigenvalue weighted by Gasteiger charge is -2.29. The maximum atomic E-state index is 2.58. The van der Waals surface area contributed by atoms with E-state index in [2.05, 4.69) is 273 Å². The fraction of sp³-hybridized carbons (Fsp3) is 0.154. The zero-order chi connectivity index (χ0) is 46.2. The Kier molecular flexibility index (Phi) is 11.2. The molecule has 0 unspecified atom stereocenters. The second-order valence-corrected chi connectivity index (χ2v) is 19.4. The van der Waals surface area contributed by atoms with Crippen molar-refractivity contribution in [3.8, 4) is 0 Å². The molecule has 332 valence electrons. The Hall–Kier alpha value is -7.75. The van der Waals surface area contributed by atoms with Crippen molar-refractivity contribution in [1.82, 2.24) is 0 Å². The summed E-state index contributed by atoms with van der Waals surface area (Å²) in [6.07, 6.45) is 16.1. The van der Waals surface area contributed by atoms with E-state index in [1.807, 2.05) is 0 Å². The second-order valence-electron chi connectivity index (χ2n) is 19.4. The van der Waals surface area contributed by atoms with Crippen LogP contribution in [0.3, 0.4) is 0 Å². The Morgan fingerprint density at radius 3 is 1.74 bits per heavy atom. The quantitative estimate of drug-likeness (QED) is 0.113. The van der Waals surface area contributed by atoms with Crippen LogP contribution in [0.25, 0.3) is 21.5 Å². The highest BCUT2D eigenvalue weighted by Crippen LogP contribution is 2.48. The summed E-state index contributed by atoms with van der Waals surface area (Å²) in [6, 6.07) is 70.6. The number of para-hydroxylation sites is 4. The van der Waals surface area contributed by atoms with Gasteiger partial charge in [0.2, 0.25) is 5.69 Å². The SMILES string of the molecule is CC1(C)C(/C=C/C2=C(N(c3ccccc3)c3ccccc3)C(=C/C=C3/N(CCc4cccc5ccccc45)c4ccccc4C3(C)C)/C=C2)=[N+](CCc2cccc3ccccc23)c2ccccc21. The molecule has 8 aromatic carbocycles. The topological polar surface area (TPSA) is 9.49 Å². The molecule has 0 N–H and O–H groups in total. The van der Waals surface area contributed by atoms with E-state index in [1.165, 1.54) is 66.6 Å². The van der Waals surface area contributed by atoms with Crippen LogP contribution in [0.5, 0.6) is 0 Å². The molecule has 2 aliphatic heterocycles. The molecule has 68 heavy (non-hydrogen) atoms. The minimum atomic E-state index is -0.199. The highest BCUT2D eigenvalue weighted by molar-refractivity contribution is 6.03. The zero-order valence-corrected chi connectivity index (χ0v) is 39.6. The van der Waals surface area contributed by atoms with Gasteiger partial charge in [-0.05, 0) is 112 Å².